The average Bonchev–Trinajstić information content (AvgIpc) is 2.63. The van der Waals surface area contributed by atoms with Crippen molar-refractivity contribution in [1.82, 2.24) is 4.98 Å². The first-order valence-corrected chi connectivity index (χ1v) is 6.76. The Morgan fingerprint density at radius 1 is 1.17 bits per heavy atom. The van der Waals surface area contributed by atoms with E-state index in [0.29, 0.717) is 5.71 Å². The Morgan fingerprint density at radius 2 is 2.06 bits per heavy atom. The molecule has 2 nitrogen and oxygen atoms in total. The number of rotatable bonds is 1. The molecule has 3 heteroatoms. The molecular weight excluding hydrogens is 288 g/mol. The fourth-order valence-electron chi connectivity index (χ4n) is 2.18. The van der Waals surface area contributed by atoms with Gasteiger partial charge < -0.3 is 10.4 Å². The number of aromatic nitrogens is 1. The molecule has 0 bridgehead atoms. The number of allylic oxidation sites excluding steroid dienone is 4. The average molecular weight is 301 g/mol. The van der Waals surface area contributed by atoms with Crippen molar-refractivity contribution < 1.29 is 0 Å². The highest BCUT2D eigenvalue weighted by atomic mass is 79.9. The maximum absolute atomic E-state index is 7.68. The highest BCUT2D eigenvalue weighted by Gasteiger charge is 2.06. The van der Waals surface area contributed by atoms with Gasteiger partial charge in [-0.05, 0) is 48.8 Å². The largest absolute Gasteiger partial charge is 0.355 e. The van der Waals surface area contributed by atoms with Gasteiger partial charge in [-0.3, -0.25) is 0 Å². The molecule has 3 rings (SSSR count). The Kier molecular flexibility index (Phi) is 2.92. The molecule has 0 aliphatic heterocycles. The maximum Gasteiger partial charge on any atom is 0.0461 e. The monoisotopic (exact) mass is 300 g/mol. The Hall–Kier alpha value is -1.61. The van der Waals surface area contributed by atoms with Crippen LogP contribution in [0.15, 0.2) is 47.0 Å². The third kappa shape index (κ3) is 2.18. The Bertz CT molecular complexity index is 677. The van der Waals surface area contributed by atoms with Crippen LogP contribution in [0.5, 0.6) is 0 Å². The predicted molar refractivity (Wildman–Crippen MR) is 80.1 cm³/mol. The van der Waals surface area contributed by atoms with Gasteiger partial charge in [0.05, 0.1) is 0 Å². The normalized spacial score (nSPS) is 15.8. The summed E-state index contributed by atoms with van der Waals surface area (Å²) in [5.41, 5.74) is 4.13. The van der Waals surface area contributed by atoms with Gasteiger partial charge in [-0.25, -0.2) is 0 Å². The summed E-state index contributed by atoms with van der Waals surface area (Å²) in [5.74, 6) is 0. The van der Waals surface area contributed by atoms with E-state index in [2.05, 4.69) is 45.2 Å². The van der Waals surface area contributed by atoms with E-state index in [4.69, 9.17) is 5.41 Å². The van der Waals surface area contributed by atoms with Crippen molar-refractivity contribution in [3.05, 3.63) is 52.7 Å². The quantitative estimate of drug-likeness (QED) is 0.767. The van der Waals surface area contributed by atoms with E-state index < -0.39 is 0 Å². The van der Waals surface area contributed by atoms with Crippen molar-refractivity contribution in [2.75, 3.05) is 0 Å². The summed E-state index contributed by atoms with van der Waals surface area (Å²) in [6.45, 7) is 0. The first-order valence-electron chi connectivity index (χ1n) is 5.97. The summed E-state index contributed by atoms with van der Waals surface area (Å²) in [5, 5.41) is 8.88. The van der Waals surface area contributed by atoms with Gasteiger partial charge in [0, 0.05) is 26.8 Å². The van der Waals surface area contributed by atoms with E-state index in [9.17, 15) is 0 Å². The summed E-state index contributed by atoms with van der Waals surface area (Å²) in [6, 6.07) is 8.38. The molecule has 1 aromatic heterocycles. The van der Waals surface area contributed by atoms with Crippen LogP contribution in [0, 0.1) is 5.41 Å². The lowest BCUT2D eigenvalue weighted by Crippen LogP contribution is -1.85. The molecule has 2 N–H and O–H groups in total. The van der Waals surface area contributed by atoms with Crippen molar-refractivity contribution in [2.24, 2.45) is 0 Å². The number of halogens is 1. The minimum absolute atomic E-state index is 0.695. The van der Waals surface area contributed by atoms with Gasteiger partial charge in [-0.1, -0.05) is 28.1 Å². The minimum atomic E-state index is 0.695. The molecule has 0 spiro atoms. The second kappa shape index (κ2) is 4.58. The van der Waals surface area contributed by atoms with E-state index in [1.54, 1.807) is 0 Å². The summed E-state index contributed by atoms with van der Waals surface area (Å²) in [4.78, 5) is 3.42. The van der Waals surface area contributed by atoms with Crippen LogP contribution in [0.25, 0.3) is 16.5 Å². The van der Waals surface area contributed by atoms with Gasteiger partial charge in [-0.15, -0.1) is 0 Å². The third-order valence-electron chi connectivity index (χ3n) is 3.14. The number of nitrogens with one attached hydrogen (secondary N) is 2. The van der Waals surface area contributed by atoms with Crippen molar-refractivity contribution in [1.29, 1.82) is 5.41 Å². The highest BCUT2D eigenvalue weighted by Crippen LogP contribution is 2.26. The molecule has 1 aliphatic rings. The van der Waals surface area contributed by atoms with Gasteiger partial charge >= 0.3 is 0 Å². The van der Waals surface area contributed by atoms with Gasteiger partial charge in [0.1, 0.15) is 0 Å². The zero-order valence-electron chi connectivity index (χ0n) is 9.83. The topological polar surface area (TPSA) is 39.6 Å². The zero-order chi connectivity index (χ0) is 12.5. The molecular formula is C15H13BrN2. The summed E-state index contributed by atoms with van der Waals surface area (Å²) >= 11 is 3.49. The SMILES string of the molecule is N=C1C=CC(c2cc3cc(Br)ccc3[nH]2)=CCC1. The molecule has 1 aromatic carbocycles. The van der Waals surface area contributed by atoms with Crippen LogP contribution < -0.4 is 0 Å². The van der Waals surface area contributed by atoms with E-state index in [1.807, 2.05) is 18.2 Å². The first kappa shape index (κ1) is 11.5. The molecule has 1 aliphatic carbocycles. The molecule has 0 saturated heterocycles. The van der Waals surface area contributed by atoms with Gasteiger partial charge in [0.2, 0.25) is 0 Å². The summed E-state index contributed by atoms with van der Waals surface area (Å²) in [7, 11) is 0. The van der Waals surface area contributed by atoms with Gasteiger partial charge in [0.15, 0.2) is 0 Å². The van der Waals surface area contributed by atoms with Crippen LogP contribution in [0.2, 0.25) is 0 Å². The minimum Gasteiger partial charge on any atom is -0.355 e. The van der Waals surface area contributed by atoms with Crippen LogP contribution in [0.3, 0.4) is 0 Å². The number of aromatic amines is 1. The van der Waals surface area contributed by atoms with E-state index in [-0.39, 0.29) is 0 Å². The predicted octanol–water partition coefficient (Wildman–Crippen LogP) is 4.68. The molecule has 90 valence electrons. The number of fused-ring (bicyclic) bond motifs is 1. The Labute approximate surface area is 114 Å². The number of hydrogen-bond acceptors (Lipinski definition) is 1. The lowest BCUT2D eigenvalue weighted by atomic mass is 10.1. The van der Waals surface area contributed by atoms with Gasteiger partial charge in [-0.2, -0.15) is 0 Å². The smallest absolute Gasteiger partial charge is 0.0461 e. The molecule has 0 fully saturated rings. The van der Waals surface area contributed by atoms with E-state index in [0.717, 1.165) is 28.5 Å². The van der Waals surface area contributed by atoms with Crippen molar-refractivity contribution in [3.63, 3.8) is 0 Å². The Balaban J connectivity index is 2.06. The number of hydrogen-bond donors (Lipinski definition) is 2. The van der Waals surface area contributed by atoms with Crippen molar-refractivity contribution in [3.8, 4) is 0 Å². The van der Waals surface area contributed by atoms with Crippen molar-refractivity contribution in [2.45, 2.75) is 12.8 Å². The van der Waals surface area contributed by atoms with Crippen LogP contribution in [-0.2, 0) is 0 Å². The van der Waals surface area contributed by atoms with Crippen molar-refractivity contribution >= 4 is 38.1 Å². The molecule has 2 aromatic rings. The van der Waals surface area contributed by atoms with E-state index >= 15 is 0 Å². The lowest BCUT2D eigenvalue weighted by Gasteiger charge is -1.96. The van der Waals surface area contributed by atoms with Gasteiger partial charge in [0.25, 0.3) is 0 Å². The third-order valence-corrected chi connectivity index (χ3v) is 3.63. The first-order chi connectivity index (χ1) is 8.72. The maximum atomic E-state index is 7.68. The molecule has 18 heavy (non-hydrogen) atoms. The second-order valence-electron chi connectivity index (χ2n) is 4.47. The molecule has 1 heterocycles. The molecule has 0 atom stereocenters. The summed E-state index contributed by atoms with van der Waals surface area (Å²) in [6.07, 6.45) is 7.86. The van der Waals surface area contributed by atoms with Crippen LogP contribution in [-0.4, -0.2) is 10.7 Å². The standard InChI is InChI=1S/C15H13BrN2/c16-12-5-7-14-11(8-12)9-15(18-14)10-2-1-3-13(17)6-4-10/h2,4-9,17-18H,1,3H2. The zero-order valence-corrected chi connectivity index (χ0v) is 11.4. The highest BCUT2D eigenvalue weighted by molar-refractivity contribution is 9.10. The second-order valence-corrected chi connectivity index (χ2v) is 5.39. The van der Waals surface area contributed by atoms with Crippen LogP contribution in [0.1, 0.15) is 18.5 Å². The number of benzene rings is 1. The fourth-order valence-corrected chi connectivity index (χ4v) is 2.56. The van der Waals surface area contributed by atoms with E-state index in [1.165, 1.54) is 11.0 Å². The summed E-state index contributed by atoms with van der Waals surface area (Å²) < 4.78 is 1.09. The lowest BCUT2D eigenvalue weighted by molar-refractivity contribution is 1.09. The Morgan fingerprint density at radius 3 is 2.94 bits per heavy atom. The molecule has 0 amide bonds. The fraction of sp³-hybridized carbons (Fsp3) is 0.133. The number of H-pyrrole nitrogens is 1. The molecule has 0 saturated carbocycles. The molecule has 0 unspecified atom stereocenters. The van der Waals surface area contributed by atoms with Crippen LogP contribution in [0.4, 0.5) is 0 Å². The van der Waals surface area contributed by atoms with Crippen LogP contribution >= 0.6 is 15.9 Å². The molecule has 0 radical (unpaired) electrons.